The van der Waals surface area contributed by atoms with E-state index < -0.39 is 0 Å². The molecular weight excluding hydrogens is 340 g/mol. The monoisotopic (exact) mass is 368 g/mol. The number of hydrogen-bond donors (Lipinski definition) is 0. The molecule has 27 heavy (non-hydrogen) atoms. The topological polar surface area (TPSA) is 52.8 Å². The highest BCUT2D eigenvalue weighted by Gasteiger charge is 2.21. The number of piperazine rings is 1. The average Bonchev–Trinajstić information content (AvgIpc) is 2.99. The standard InChI is InChI=1S/C21H28N4O2/c1-16-20(17(2)27-22-16)15-24-11-13-25(14-12-24)21(26)10-7-18-5-8-19(9-6-18)23(3)4/h5-10H,11-15H2,1-4H3. The first kappa shape index (κ1) is 19.2. The number of carbonyl (C=O) groups excluding carboxylic acids is 1. The van der Waals surface area contributed by atoms with E-state index in [-0.39, 0.29) is 5.91 Å². The lowest BCUT2D eigenvalue weighted by molar-refractivity contribution is -0.127. The van der Waals surface area contributed by atoms with Gasteiger partial charge in [0.1, 0.15) is 5.76 Å². The van der Waals surface area contributed by atoms with Crippen LogP contribution >= 0.6 is 0 Å². The first-order chi connectivity index (χ1) is 12.9. The van der Waals surface area contributed by atoms with Crippen molar-refractivity contribution < 1.29 is 9.32 Å². The Balaban J connectivity index is 1.51. The molecule has 1 aromatic carbocycles. The predicted molar refractivity (Wildman–Crippen MR) is 108 cm³/mol. The van der Waals surface area contributed by atoms with E-state index in [2.05, 4.69) is 27.1 Å². The molecule has 0 atom stereocenters. The van der Waals surface area contributed by atoms with Crippen molar-refractivity contribution in [3.63, 3.8) is 0 Å². The molecule has 1 aliphatic rings. The third-order valence-electron chi connectivity index (χ3n) is 5.07. The molecule has 144 valence electrons. The van der Waals surface area contributed by atoms with Crippen molar-refractivity contribution in [1.29, 1.82) is 0 Å². The number of aryl methyl sites for hydroxylation is 2. The molecule has 1 amide bonds. The zero-order valence-electron chi connectivity index (χ0n) is 16.6. The number of aromatic nitrogens is 1. The largest absolute Gasteiger partial charge is 0.378 e. The third-order valence-corrected chi connectivity index (χ3v) is 5.07. The minimum atomic E-state index is 0.0728. The number of anilines is 1. The second-order valence-corrected chi connectivity index (χ2v) is 7.22. The molecule has 6 heteroatoms. The van der Waals surface area contributed by atoms with Crippen LogP contribution in [0.2, 0.25) is 0 Å². The van der Waals surface area contributed by atoms with Crippen LogP contribution in [0.3, 0.4) is 0 Å². The molecule has 6 nitrogen and oxygen atoms in total. The zero-order valence-corrected chi connectivity index (χ0v) is 16.6. The molecule has 0 radical (unpaired) electrons. The Morgan fingerprint density at radius 1 is 1.15 bits per heavy atom. The fraction of sp³-hybridized carbons (Fsp3) is 0.429. The fourth-order valence-electron chi connectivity index (χ4n) is 3.23. The van der Waals surface area contributed by atoms with E-state index in [0.29, 0.717) is 0 Å². The summed E-state index contributed by atoms with van der Waals surface area (Å²) in [6.45, 7) is 7.96. The van der Waals surface area contributed by atoms with Gasteiger partial charge in [0.05, 0.1) is 5.69 Å². The SMILES string of the molecule is Cc1noc(C)c1CN1CCN(C(=O)C=Cc2ccc(N(C)C)cc2)CC1. The lowest BCUT2D eigenvalue weighted by Gasteiger charge is -2.34. The summed E-state index contributed by atoms with van der Waals surface area (Å²) in [5.74, 6) is 0.956. The van der Waals surface area contributed by atoms with Crippen LogP contribution in [0.5, 0.6) is 0 Å². The minimum absolute atomic E-state index is 0.0728. The highest BCUT2D eigenvalue weighted by atomic mass is 16.5. The van der Waals surface area contributed by atoms with Gasteiger partial charge in [0, 0.05) is 64.1 Å². The first-order valence-corrected chi connectivity index (χ1v) is 9.32. The Bertz CT molecular complexity index is 781. The molecule has 2 aromatic rings. The van der Waals surface area contributed by atoms with Gasteiger partial charge in [0.2, 0.25) is 5.91 Å². The quantitative estimate of drug-likeness (QED) is 0.760. The lowest BCUT2D eigenvalue weighted by Crippen LogP contribution is -2.47. The van der Waals surface area contributed by atoms with E-state index in [9.17, 15) is 4.79 Å². The average molecular weight is 368 g/mol. The molecule has 1 aromatic heterocycles. The maximum Gasteiger partial charge on any atom is 0.246 e. The van der Waals surface area contributed by atoms with E-state index in [1.165, 1.54) is 0 Å². The van der Waals surface area contributed by atoms with E-state index in [4.69, 9.17) is 4.52 Å². The summed E-state index contributed by atoms with van der Waals surface area (Å²) >= 11 is 0. The van der Waals surface area contributed by atoms with Gasteiger partial charge in [0.15, 0.2) is 0 Å². The summed E-state index contributed by atoms with van der Waals surface area (Å²) in [4.78, 5) is 18.8. The van der Waals surface area contributed by atoms with Crippen molar-refractivity contribution in [1.82, 2.24) is 15.0 Å². The van der Waals surface area contributed by atoms with E-state index in [1.807, 2.05) is 51.1 Å². The lowest BCUT2D eigenvalue weighted by atomic mass is 10.1. The van der Waals surface area contributed by atoms with Crippen molar-refractivity contribution in [3.05, 3.63) is 52.9 Å². The van der Waals surface area contributed by atoms with Crippen molar-refractivity contribution >= 4 is 17.7 Å². The van der Waals surface area contributed by atoms with Crippen LogP contribution < -0.4 is 4.90 Å². The molecule has 1 fully saturated rings. The van der Waals surface area contributed by atoms with Crippen LogP contribution in [0.1, 0.15) is 22.6 Å². The molecule has 3 rings (SSSR count). The van der Waals surface area contributed by atoms with E-state index in [1.54, 1.807) is 6.08 Å². The van der Waals surface area contributed by atoms with Crippen LogP contribution in [0.15, 0.2) is 34.9 Å². The molecule has 2 heterocycles. The summed E-state index contributed by atoms with van der Waals surface area (Å²) in [6, 6.07) is 8.16. The second kappa shape index (κ2) is 8.39. The summed E-state index contributed by atoms with van der Waals surface area (Å²) in [5.41, 5.74) is 4.30. The molecule has 0 bridgehead atoms. The third kappa shape index (κ3) is 4.77. The zero-order chi connectivity index (χ0) is 19.4. The molecule has 0 saturated carbocycles. The molecule has 0 spiro atoms. The number of benzene rings is 1. The Labute approximate surface area is 161 Å². The van der Waals surface area contributed by atoms with Gasteiger partial charge in [-0.3, -0.25) is 9.69 Å². The van der Waals surface area contributed by atoms with Crippen LogP contribution in [0.25, 0.3) is 6.08 Å². The molecular formula is C21H28N4O2. The number of amides is 1. The van der Waals surface area contributed by atoms with Gasteiger partial charge < -0.3 is 14.3 Å². The van der Waals surface area contributed by atoms with E-state index >= 15 is 0 Å². The van der Waals surface area contributed by atoms with Gasteiger partial charge in [-0.15, -0.1) is 0 Å². The van der Waals surface area contributed by atoms with Gasteiger partial charge in [-0.05, 0) is 37.6 Å². The number of hydrogen-bond acceptors (Lipinski definition) is 5. The van der Waals surface area contributed by atoms with Crippen molar-refractivity contribution in [3.8, 4) is 0 Å². The smallest absolute Gasteiger partial charge is 0.246 e. The summed E-state index contributed by atoms with van der Waals surface area (Å²) < 4.78 is 5.24. The Morgan fingerprint density at radius 2 is 1.81 bits per heavy atom. The summed E-state index contributed by atoms with van der Waals surface area (Å²) in [6.07, 6.45) is 3.56. The Morgan fingerprint density at radius 3 is 2.37 bits per heavy atom. The van der Waals surface area contributed by atoms with Crippen molar-refractivity contribution in [2.24, 2.45) is 0 Å². The predicted octanol–water partition coefficient (Wildman–Crippen LogP) is 2.72. The molecule has 1 aliphatic heterocycles. The van der Waals surface area contributed by atoms with Crippen LogP contribution in [0.4, 0.5) is 5.69 Å². The van der Waals surface area contributed by atoms with Crippen molar-refractivity contribution in [2.45, 2.75) is 20.4 Å². The van der Waals surface area contributed by atoms with Crippen molar-refractivity contribution in [2.75, 3.05) is 45.2 Å². The van der Waals surface area contributed by atoms with Gasteiger partial charge in [-0.2, -0.15) is 0 Å². The maximum absolute atomic E-state index is 12.5. The number of nitrogens with zero attached hydrogens (tertiary/aromatic N) is 4. The Hall–Kier alpha value is -2.60. The summed E-state index contributed by atoms with van der Waals surface area (Å²) in [5, 5.41) is 4.01. The molecule has 0 N–H and O–H groups in total. The van der Waals surface area contributed by atoms with Gasteiger partial charge in [-0.25, -0.2) is 0 Å². The Kier molecular flexibility index (Phi) is 5.96. The highest BCUT2D eigenvalue weighted by Crippen LogP contribution is 2.17. The van der Waals surface area contributed by atoms with Crippen LogP contribution in [0, 0.1) is 13.8 Å². The van der Waals surface area contributed by atoms with Gasteiger partial charge in [-0.1, -0.05) is 17.3 Å². The van der Waals surface area contributed by atoms with Gasteiger partial charge in [0.25, 0.3) is 0 Å². The number of rotatable bonds is 5. The van der Waals surface area contributed by atoms with E-state index in [0.717, 1.165) is 61.0 Å². The van der Waals surface area contributed by atoms with Crippen LogP contribution in [-0.2, 0) is 11.3 Å². The minimum Gasteiger partial charge on any atom is -0.378 e. The second-order valence-electron chi connectivity index (χ2n) is 7.22. The number of carbonyl (C=O) groups is 1. The maximum atomic E-state index is 12.5. The highest BCUT2D eigenvalue weighted by molar-refractivity contribution is 5.91. The fourth-order valence-corrected chi connectivity index (χ4v) is 3.23. The molecule has 1 saturated heterocycles. The molecule has 0 aliphatic carbocycles. The van der Waals surface area contributed by atoms with Gasteiger partial charge >= 0.3 is 0 Å². The van der Waals surface area contributed by atoms with Crippen LogP contribution in [-0.4, -0.2) is 61.1 Å². The first-order valence-electron chi connectivity index (χ1n) is 9.32. The summed E-state index contributed by atoms with van der Waals surface area (Å²) in [7, 11) is 4.03. The molecule has 0 unspecified atom stereocenters. The normalized spacial score (nSPS) is 15.5.